The highest BCUT2D eigenvalue weighted by atomic mass is 15.0. The molecule has 3 rings (SSSR count). The molecule has 2 bridgehead atoms. The summed E-state index contributed by atoms with van der Waals surface area (Å²) in [4.78, 5) is 0. The molecule has 0 aromatic rings. The van der Waals surface area contributed by atoms with E-state index >= 15 is 0 Å². The van der Waals surface area contributed by atoms with Gasteiger partial charge in [-0.3, -0.25) is 0 Å². The zero-order chi connectivity index (χ0) is 10.5. The minimum Gasteiger partial charge on any atom is -0.311 e. The molecule has 0 aromatic carbocycles. The van der Waals surface area contributed by atoms with Crippen LogP contribution in [0, 0.1) is 23.7 Å². The van der Waals surface area contributed by atoms with E-state index in [4.69, 9.17) is 0 Å². The van der Waals surface area contributed by atoms with Gasteiger partial charge in [0.25, 0.3) is 0 Å². The number of hydrogen-bond acceptors (Lipinski definition) is 1. The Hall–Kier alpha value is -0.0400. The van der Waals surface area contributed by atoms with Gasteiger partial charge in [-0.05, 0) is 76.2 Å². The molecule has 0 saturated heterocycles. The molecule has 0 heterocycles. The van der Waals surface area contributed by atoms with Gasteiger partial charge < -0.3 is 5.32 Å². The monoisotopic (exact) mass is 207 g/mol. The maximum absolute atomic E-state index is 3.85. The lowest BCUT2D eigenvalue weighted by Gasteiger charge is -2.30. The Morgan fingerprint density at radius 1 is 1.07 bits per heavy atom. The molecular weight excluding hydrogens is 182 g/mol. The molecule has 3 saturated carbocycles. The van der Waals surface area contributed by atoms with Gasteiger partial charge in [0.2, 0.25) is 0 Å². The normalized spacial score (nSPS) is 40.0. The first-order chi connectivity index (χ1) is 7.15. The molecule has 1 nitrogen and oxygen atoms in total. The fourth-order valence-corrected chi connectivity index (χ4v) is 3.97. The van der Waals surface area contributed by atoms with Crippen molar-refractivity contribution in [3.05, 3.63) is 0 Å². The van der Waals surface area contributed by atoms with Crippen LogP contribution in [0.4, 0.5) is 0 Å². The van der Waals surface area contributed by atoms with Crippen LogP contribution in [0.1, 0.15) is 52.4 Å². The minimum absolute atomic E-state index is 0.418. The molecular formula is C14H25N. The van der Waals surface area contributed by atoms with Crippen LogP contribution in [0.3, 0.4) is 0 Å². The van der Waals surface area contributed by atoms with Gasteiger partial charge >= 0.3 is 0 Å². The minimum atomic E-state index is 0.418. The van der Waals surface area contributed by atoms with Crippen molar-refractivity contribution < 1.29 is 0 Å². The molecule has 0 spiro atoms. The number of hydrogen-bond donors (Lipinski definition) is 1. The molecule has 1 N–H and O–H groups in total. The van der Waals surface area contributed by atoms with E-state index in [1.54, 1.807) is 6.42 Å². The molecule has 3 unspecified atom stereocenters. The molecule has 3 aliphatic carbocycles. The Morgan fingerprint density at radius 3 is 2.40 bits per heavy atom. The van der Waals surface area contributed by atoms with E-state index in [-0.39, 0.29) is 0 Å². The Kier molecular flexibility index (Phi) is 2.35. The third-order valence-electron chi connectivity index (χ3n) is 5.30. The summed E-state index contributed by atoms with van der Waals surface area (Å²) < 4.78 is 0. The van der Waals surface area contributed by atoms with Crippen LogP contribution in [-0.2, 0) is 0 Å². The standard InChI is InChI=1S/C14H25N/c1-14(2,13-5-6-13)15-9-12-8-10-3-4-11(12)7-10/h10-13,15H,3-9H2,1-2H3. The van der Waals surface area contributed by atoms with Gasteiger partial charge in [0, 0.05) is 5.54 Å². The smallest absolute Gasteiger partial charge is 0.0153 e. The lowest BCUT2D eigenvalue weighted by molar-refractivity contribution is 0.261. The van der Waals surface area contributed by atoms with Crippen molar-refractivity contribution in [1.29, 1.82) is 0 Å². The van der Waals surface area contributed by atoms with Crippen LogP contribution in [0.25, 0.3) is 0 Å². The van der Waals surface area contributed by atoms with Crippen molar-refractivity contribution in [2.24, 2.45) is 23.7 Å². The number of nitrogens with one attached hydrogen (secondary N) is 1. The molecule has 0 amide bonds. The summed E-state index contributed by atoms with van der Waals surface area (Å²) >= 11 is 0. The summed E-state index contributed by atoms with van der Waals surface area (Å²) in [5, 5.41) is 3.85. The van der Waals surface area contributed by atoms with E-state index in [0.717, 1.165) is 23.7 Å². The van der Waals surface area contributed by atoms with Gasteiger partial charge in [-0.1, -0.05) is 6.42 Å². The largest absolute Gasteiger partial charge is 0.311 e. The summed E-state index contributed by atoms with van der Waals surface area (Å²) in [5.41, 5.74) is 0.418. The first-order valence-electron chi connectivity index (χ1n) is 6.90. The number of rotatable bonds is 4. The summed E-state index contributed by atoms with van der Waals surface area (Å²) in [6.45, 7) is 6.10. The summed E-state index contributed by atoms with van der Waals surface area (Å²) in [7, 11) is 0. The summed E-state index contributed by atoms with van der Waals surface area (Å²) in [6.07, 6.45) is 9.05. The van der Waals surface area contributed by atoms with Crippen LogP contribution >= 0.6 is 0 Å². The maximum Gasteiger partial charge on any atom is 0.0153 e. The van der Waals surface area contributed by atoms with Crippen molar-refractivity contribution in [1.82, 2.24) is 5.32 Å². The quantitative estimate of drug-likeness (QED) is 0.746. The van der Waals surface area contributed by atoms with Crippen molar-refractivity contribution >= 4 is 0 Å². The van der Waals surface area contributed by atoms with Crippen molar-refractivity contribution in [2.75, 3.05) is 6.54 Å². The van der Waals surface area contributed by atoms with Gasteiger partial charge in [-0.15, -0.1) is 0 Å². The second kappa shape index (κ2) is 3.48. The predicted molar refractivity (Wildman–Crippen MR) is 63.7 cm³/mol. The maximum atomic E-state index is 3.85. The predicted octanol–water partition coefficient (Wildman–Crippen LogP) is 3.20. The first-order valence-corrected chi connectivity index (χ1v) is 6.90. The summed E-state index contributed by atoms with van der Waals surface area (Å²) in [5.74, 6) is 4.17. The highest BCUT2D eigenvalue weighted by Gasteiger charge is 2.42. The fraction of sp³-hybridized carbons (Fsp3) is 1.00. The van der Waals surface area contributed by atoms with Crippen molar-refractivity contribution in [3.63, 3.8) is 0 Å². The lowest BCUT2D eigenvalue weighted by atomic mass is 9.87. The molecule has 0 aliphatic heterocycles. The molecule has 3 atom stereocenters. The highest BCUT2D eigenvalue weighted by molar-refractivity contribution is 4.97. The van der Waals surface area contributed by atoms with Gasteiger partial charge in [0.05, 0.1) is 0 Å². The first kappa shape index (κ1) is 10.1. The number of fused-ring (bicyclic) bond motifs is 2. The summed E-state index contributed by atoms with van der Waals surface area (Å²) in [6, 6.07) is 0. The van der Waals surface area contributed by atoms with Crippen LogP contribution < -0.4 is 5.32 Å². The fourth-order valence-electron chi connectivity index (χ4n) is 3.97. The lowest BCUT2D eigenvalue weighted by Crippen LogP contribution is -2.44. The molecule has 1 heteroatoms. The molecule has 3 fully saturated rings. The van der Waals surface area contributed by atoms with E-state index in [1.165, 1.54) is 38.6 Å². The van der Waals surface area contributed by atoms with Crippen LogP contribution in [0.15, 0.2) is 0 Å². The van der Waals surface area contributed by atoms with E-state index in [1.807, 2.05) is 0 Å². The SMILES string of the molecule is CC(C)(NCC1CC2CCC1C2)C1CC1. The molecule has 0 radical (unpaired) electrons. The topological polar surface area (TPSA) is 12.0 Å². The van der Waals surface area contributed by atoms with E-state index in [2.05, 4.69) is 19.2 Å². The Labute approximate surface area is 94.0 Å². The molecule has 86 valence electrons. The molecule has 15 heavy (non-hydrogen) atoms. The Morgan fingerprint density at radius 2 is 1.87 bits per heavy atom. The average molecular weight is 207 g/mol. The van der Waals surface area contributed by atoms with Crippen LogP contribution in [0.2, 0.25) is 0 Å². The third kappa shape index (κ3) is 1.95. The Balaban J connectivity index is 1.49. The highest BCUT2D eigenvalue weighted by Crippen LogP contribution is 2.48. The average Bonchev–Trinajstić information content (AvgIpc) is 2.88. The molecule has 3 aliphatic rings. The Bertz CT molecular complexity index is 242. The van der Waals surface area contributed by atoms with E-state index in [9.17, 15) is 0 Å². The van der Waals surface area contributed by atoms with Gasteiger partial charge in [-0.25, -0.2) is 0 Å². The second-order valence-electron chi connectivity index (χ2n) is 6.81. The van der Waals surface area contributed by atoms with Gasteiger partial charge in [-0.2, -0.15) is 0 Å². The second-order valence-corrected chi connectivity index (χ2v) is 6.81. The van der Waals surface area contributed by atoms with Crippen molar-refractivity contribution in [2.45, 2.75) is 57.9 Å². The van der Waals surface area contributed by atoms with Crippen molar-refractivity contribution in [3.8, 4) is 0 Å². The van der Waals surface area contributed by atoms with Crippen LogP contribution in [0.5, 0.6) is 0 Å². The van der Waals surface area contributed by atoms with Gasteiger partial charge in [0.1, 0.15) is 0 Å². The molecule has 0 aromatic heterocycles. The third-order valence-corrected chi connectivity index (χ3v) is 5.30. The zero-order valence-corrected chi connectivity index (χ0v) is 10.3. The zero-order valence-electron chi connectivity index (χ0n) is 10.3. The van der Waals surface area contributed by atoms with E-state index < -0.39 is 0 Å². The van der Waals surface area contributed by atoms with E-state index in [0.29, 0.717) is 5.54 Å². The van der Waals surface area contributed by atoms with Crippen LogP contribution in [-0.4, -0.2) is 12.1 Å². The van der Waals surface area contributed by atoms with Gasteiger partial charge in [0.15, 0.2) is 0 Å².